The first-order chi connectivity index (χ1) is 13.9. The summed E-state index contributed by atoms with van der Waals surface area (Å²) >= 11 is 5.94. The van der Waals surface area contributed by atoms with Gasteiger partial charge in [0.1, 0.15) is 22.9 Å². The summed E-state index contributed by atoms with van der Waals surface area (Å²) in [6.07, 6.45) is 2.80. The van der Waals surface area contributed by atoms with Crippen LogP contribution in [0.25, 0.3) is 0 Å². The number of aliphatic carboxylic acids is 1. The highest BCUT2D eigenvalue weighted by Crippen LogP contribution is 2.33. The molecule has 4 rings (SSSR count). The maximum atomic E-state index is 13.9. The van der Waals surface area contributed by atoms with Gasteiger partial charge in [0.25, 0.3) is 5.91 Å². The largest absolute Gasteiger partial charge is 0.477 e. The Labute approximate surface area is 169 Å². The Morgan fingerprint density at radius 2 is 1.90 bits per heavy atom. The third-order valence-electron chi connectivity index (χ3n) is 4.45. The van der Waals surface area contributed by atoms with Crippen molar-refractivity contribution in [1.82, 2.24) is 9.78 Å². The SMILES string of the molecule is O=C(O)C1=C[C@H](c2ccc(Cl)cc2)n2ncc(C(=O)Nc3ccccc3F)c2N1. The number of hydrogen-bond donors (Lipinski definition) is 3. The lowest BCUT2D eigenvalue weighted by Gasteiger charge is -2.24. The summed E-state index contributed by atoms with van der Waals surface area (Å²) in [6, 6.07) is 12.0. The second-order valence-corrected chi connectivity index (χ2v) is 6.73. The average molecular weight is 413 g/mol. The molecular formula is C20H14ClFN4O3. The van der Waals surface area contributed by atoms with E-state index in [1.54, 1.807) is 30.3 Å². The number of hydrogen-bond acceptors (Lipinski definition) is 4. The monoisotopic (exact) mass is 412 g/mol. The second-order valence-electron chi connectivity index (χ2n) is 6.29. The van der Waals surface area contributed by atoms with Crippen LogP contribution in [0.15, 0.2) is 66.5 Å². The second kappa shape index (κ2) is 7.40. The van der Waals surface area contributed by atoms with Gasteiger partial charge in [-0.1, -0.05) is 35.9 Å². The lowest BCUT2D eigenvalue weighted by molar-refractivity contribution is -0.132. The molecule has 1 amide bonds. The van der Waals surface area contributed by atoms with Crippen LogP contribution in [0, 0.1) is 5.82 Å². The minimum atomic E-state index is -1.18. The van der Waals surface area contributed by atoms with Crippen LogP contribution in [-0.4, -0.2) is 26.8 Å². The topological polar surface area (TPSA) is 96.2 Å². The highest BCUT2D eigenvalue weighted by Gasteiger charge is 2.29. The molecule has 1 aliphatic rings. The summed E-state index contributed by atoms with van der Waals surface area (Å²) in [5, 5.41) is 19.5. The Morgan fingerprint density at radius 3 is 2.59 bits per heavy atom. The summed E-state index contributed by atoms with van der Waals surface area (Å²) in [4.78, 5) is 24.3. The molecule has 7 nitrogen and oxygen atoms in total. The van der Waals surface area contributed by atoms with Crippen molar-refractivity contribution in [2.45, 2.75) is 6.04 Å². The van der Waals surface area contributed by atoms with Crippen LogP contribution >= 0.6 is 11.6 Å². The Kier molecular flexibility index (Phi) is 4.77. The van der Waals surface area contributed by atoms with E-state index in [1.807, 2.05) is 0 Å². The number of anilines is 2. The van der Waals surface area contributed by atoms with Crippen molar-refractivity contribution < 1.29 is 19.1 Å². The van der Waals surface area contributed by atoms with Crippen LogP contribution in [0.5, 0.6) is 0 Å². The third-order valence-corrected chi connectivity index (χ3v) is 4.70. The zero-order valence-electron chi connectivity index (χ0n) is 14.8. The number of para-hydroxylation sites is 1. The molecule has 1 atom stereocenters. The van der Waals surface area contributed by atoms with Crippen LogP contribution in [-0.2, 0) is 4.79 Å². The molecule has 2 heterocycles. The molecule has 3 N–H and O–H groups in total. The molecule has 0 bridgehead atoms. The van der Waals surface area contributed by atoms with Crippen LogP contribution in [0.3, 0.4) is 0 Å². The van der Waals surface area contributed by atoms with Crippen molar-refractivity contribution in [3.63, 3.8) is 0 Å². The van der Waals surface area contributed by atoms with Crippen LogP contribution in [0.4, 0.5) is 15.9 Å². The number of amides is 1. The minimum Gasteiger partial charge on any atom is -0.477 e. The molecule has 0 spiro atoms. The Morgan fingerprint density at radius 1 is 1.17 bits per heavy atom. The van der Waals surface area contributed by atoms with Gasteiger partial charge >= 0.3 is 5.97 Å². The van der Waals surface area contributed by atoms with Crippen LogP contribution in [0.1, 0.15) is 22.0 Å². The number of nitrogens with zero attached hydrogens (tertiary/aromatic N) is 2. The molecule has 2 aromatic carbocycles. The van der Waals surface area contributed by atoms with Gasteiger partial charge in [-0.25, -0.2) is 13.9 Å². The standard InChI is InChI=1S/C20H14ClFN4O3/c21-12-7-5-11(6-8-12)17-9-16(20(28)29)24-18-13(10-23-26(17)18)19(27)25-15-4-2-1-3-14(15)22/h1-10,17,24H,(H,25,27)(H,28,29)/t17-/m1/s1. The molecule has 0 saturated heterocycles. The summed E-state index contributed by atoms with van der Waals surface area (Å²) in [5.74, 6) is -2.19. The van der Waals surface area contributed by atoms with E-state index in [2.05, 4.69) is 15.7 Å². The number of rotatable bonds is 4. The molecule has 3 aromatic rings. The fraction of sp³-hybridized carbons (Fsp3) is 0.0500. The van der Waals surface area contributed by atoms with Gasteiger partial charge < -0.3 is 15.7 Å². The fourth-order valence-corrected chi connectivity index (χ4v) is 3.16. The van der Waals surface area contributed by atoms with Crippen molar-refractivity contribution in [1.29, 1.82) is 0 Å². The number of benzene rings is 2. The fourth-order valence-electron chi connectivity index (χ4n) is 3.04. The molecule has 29 heavy (non-hydrogen) atoms. The number of carboxylic acid groups (broad SMARTS) is 1. The number of nitrogens with one attached hydrogen (secondary N) is 2. The predicted molar refractivity (Wildman–Crippen MR) is 106 cm³/mol. The maximum absolute atomic E-state index is 13.9. The third kappa shape index (κ3) is 3.57. The van der Waals surface area contributed by atoms with Gasteiger partial charge in [-0.05, 0) is 35.9 Å². The first kappa shape index (κ1) is 18.7. The van der Waals surface area contributed by atoms with E-state index in [0.717, 1.165) is 5.56 Å². The zero-order chi connectivity index (χ0) is 20.5. The van der Waals surface area contributed by atoms with E-state index < -0.39 is 23.7 Å². The first-order valence-corrected chi connectivity index (χ1v) is 8.93. The van der Waals surface area contributed by atoms with Gasteiger partial charge in [0, 0.05) is 5.02 Å². The minimum absolute atomic E-state index is 0.0107. The predicted octanol–water partition coefficient (Wildman–Crippen LogP) is 3.91. The van der Waals surface area contributed by atoms with Gasteiger partial charge in [0.05, 0.1) is 17.9 Å². The normalized spacial score (nSPS) is 15.1. The number of carbonyl (C=O) groups excluding carboxylic acids is 1. The average Bonchev–Trinajstić information content (AvgIpc) is 3.14. The number of allylic oxidation sites excluding steroid dienone is 1. The smallest absolute Gasteiger partial charge is 0.352 e. The van der Waals surface area contributed by atoms with Gasteiger partial charge in [-0.2, -0.15) is 5.10 Å². The molecule has 1 aliphatic heterocycles. The van der Waals surface area contributed by atoms with E-state index in [9.17, 15) is 19.1 Å². The van der Waals surface area contributed by atoms with Gasteiger partial charge in [-0.3, -0.25) is 4.79 Å². The summed E-state index contributed by atoms with van der Waals surface area (Å²) < 4.78 is 15.4. The van der Waals surface area contributed by atoms with E-state index in [4.69, 9.17) is 11.6 Å². The van der Waals surface area contributed by atoms with E-state index in [0.29, 0.717) is 5.02 Å². The first-order valence-electron chi connectivity index (χ1n) is 8.55. The van der Waals surface area contributed by atoms with Crippen molar-refractivity contribution in [2.24, 2.45) is 0 Å². The van der Waals surface area contributed by atoms with Crippen molar-refractivity contribution in [3.8, 4) is 0 Å². The Balaban J connectivity index is 1.73. The number of halogens is 2. The molecule has 9 heteroatoms. The highest BCUT2D eigenvalue weighted by atomic mass is 35.5. The number of fused-ring (bicyclic) bond motifs is 1. The van der Waals surface area contributed by atoms with E-state index in [-0.39, 0.29) is 22.8 Å². The van der Waals surface area contributed by atoms with Crippen molar-refractivity contribution >= 4 is 35.0 Å². The molecule has 146 valence electrons. The van der Waals surface area contributed by atoms with E-state index in [1.165, 1.54) is 35.2 Å². The molecule has 0 fully saturated rings. The lowest BCUT2D eigenvalue weighted by Crippen LogP contribution is -2.25. The number of carbonyl (C=O) groups is 2. The number of carboxylic acids is 1. The molecule has 1 aromatic heterocycles. The molecule has 0 saturated carbocycles. The molecule has 0 unspecified atom stereocenters. The molecule has 0 aliphatic carbocycles. The van der Waals surface area contributed by atoms with Crippen LogP contribution in [0.2, 0.25) is 5.02 Å². The van der Waals surface area contributed by atoms with Crippen molar-refractivity contribution in [2.75, 3.05) is 10.6 Å². The summed E-state index contributed by atoms with van der Waals surface area (Å²) in [7, 11) is 0. The van der Waals surface area contributed by atoms with Crippen molar-refractivity contribution in [3.05, 3.63) is 88.5 Å². The molecular weight excluding hydrogens is 399 g/mol. The zero-order valence-corrected chi connectivity index (χ0v) is 15.5. The quantitative estimate of drug-likeness (QED) is 0.603. The highest BCUT2D eigenvalue weighted by molar-refractivity contribution is 6.30. The summed E-state index contributed by atoms with van der Waals surface area (Å²) in [6.45, 7) is 0. The van der Waals surface area contributed by atoms with Gasteiger partial charge in [0.2, 0.25) is 0 Å². The van der Waals surface area contributed by atoms with Gasteiger partial charge in [0.15, 0.2) is 0 Å². The van der Waals surface area contributed by atoms with Crippen LogP contribution < -0.4 is 10.6 Å². The Bertz CT molecular complexity index is 1140. The summed E-state index contributed by atoms with van der Waals surface area (Å²) in [5.41, 5.74) is 0.730. The Hall–Kier alpha value is -3.65. The number of aromatic nitrogens is 2. The van der Waals surface area contributed by atoms with Gasteiger partial charge in [-0.15, -0.1) is 0 Å². The van der Waals surface area contributed by atoms with E-state index >= 15 is 0 Å². The molecule has 0 radical (unpaired) electrons. The lowest BCUT2D eigenvalue weighted by atomic mass is 10.0. The maximum Gasteiger partial charge on any atom is 0.352 e.